The zero-order valence-corrected chi connectivity index (χ0v) is 64.0. The zero-order valence-electron chi connectivity index (χ0n) is 64.0. The summed E-state index contributed by atoms with van der Waals surface area (Å²) >= 11 is 0. The van der Waals surface area contributed by atoms with Gasteiger partial charge in [-0.15, -0.1) is 0 Å². The number of carbonyl (C=O) groups excluding carboxylic acids is 13. The van der Waals surface area contributed by atoms with Crippen LogP contribution in [0.4, 0.5) is 4.79 Å². The average Bonchev–Trinajstić information content (AvgIpc) is 0.860. The van der Waals surface area contributed by atoms with Crippen LogP contribution in [0.1, 0.15) is 238 Å². The van der Waals surface area contributed by atoms with Gasteiger partial charge in [0.25, 0.3) is 0 Å². The molecule has 0 aromatic rings. The first-order valence-corrected chi connectivity index (χ1v) is 34.6. The molecule has 0 aromatic carbocycles. The van der Waals surface area contributed by atoms with Gasteiger partial charge in [0.05, 0.1) is 7.11 Å². The molecule has 0 heterocycles. The molecule has 0 aliphatic heterocycles. The number of hydrogen-bond donors (Lipinski definition) is 12. The van der Waals surface area contributed by atoms with Gasteiger partial charge in [-0.3, -0.25) is 52.7 Å². The maximum Gasteiger partial charge on any atom is 0.408 e. The van der Waals surface area contributed by atoms with Crippen molar-refractivity contribution in [2.24, 2.45) is 47.3 Å². The Morgan fingerprint density at radius 2 is 0.433 bits per heavy atom. The van der Waals surface area contributed by atoms with E-state index < -0.39 is 153 Å². The minimum atomic E-state index is -1.73. The number of carbonyl (C=O) groups is 13. The highest BCUT2D eigenvalue weighted by Crippen LogP contribution is 2.19. The second-order valence-corrected chi connectivity index (χ2v) is 32.5. The second-order valence-electron chi connectivity index (χ2n) is 32.5. The molecule has 558 valence electrons. The molecule has 97 heavy (non-hydrogen) atoms. The number of methoxy groups -OCH3 is 1. The standard InChI is InChI=1S/C70H128N12O15/c1-37(2)29-45(53(83)71-50(34-42(11)12)58(88)80-68(22,23)62(92)77-47(31-39(5)6)55(85)73-52(36-44(15)16)60(90)82-70(26,27)64(94)96-28)75-61(91)67(20,21)79-57(87)49(33-41(9)10)72-54(84)46(30-38(3)4)76-63(93)69(24,25)81-59(89)51(35-43(13)14)74-56(86)48(32-40(7)8)78-65(95)97-66(17,18)19/h37-52H,29-36H2,1-28H3,(H,71,83)(H,72,84)(H,73,85)(H,74,86)(H,75,91)(H,76,93)(H,77,92)(H,78,95)(H,79,87)(H,80,88)(H,81,89)(H,82,90)/t45-,46-,47-,48+,49+,50+,51+,52+/m1/s1. The molecular weight excluding hydrogens is 1250 g/mol. The summed E-state index contributed by atoms with van der Waals surface area (Å²) in [6, 6.07) is -9.40. The lowest BCUT2D eigenvalue weighted by Crippen LogP contribution is -2.65. The summed E-state index contributed by atoms with van der Waals surface area (Å²) in [7, 11) is 1.19. The highest BCUT2D eigenvalue weighted by atomic mass is 16.6. The van der Waals surface area contributed by atoms with Gasteiger partial charge in [-0.25, -0.2) is 9.59 Å². The SMILES string of the molecule is COC(=O)C(C)(C)NC(=O)[C@H](CC(C)C)NC(=O)[C@@H](CC(C)C)NC(=O)C(C)(C)NC(=O)[C@H](CC(C)C)NC(=O)[C@@H](CC(C)C)NC(=O)C(C)(C)NC(=O)[C@H](CC(C)C)NC(=O)[C@@H](CC(C)C)NC(=O)C(C)(C)NC(=O)[C@H](CC(C)C)NC(=O)[C@H](CC(C)C)NC(=O)OC(C)(C)C. The van der Waals surface area contributed by atoms with Gasteiger partial charge in [0.2, 0.25) is 65.0 Å². The first-order chi connectivity index (χ1) is 44.1. The van der Waals surface area contributed by atoms with Crippen LogP contribution in [0.25, 0.3) is 0 Å². The van der Waals surface area contributed by atoms with Gasteiger partial charge in [0.15, 0.2) is 0 Å². The van der Waals surface area contributed by atoms with Crippen molar-refractivity contribution in [3.8, 4) is 0 Å². The Morgan fingerprint density at radius 3 is 0.608 bits per heavy atom. The first kappa shape index (κ1) is 89.9. The molecule has 12 N–H and O–H groups in total. The first-order valence-electron chi connectivity index (χ1n) is 34.6. The summed E-state index contributed by atoms with van der Waals surface area (Å²) in [6.45, 7) is 46.1. The Hall–Kier alpha value is -7.09. The average molecular weight is 1380 g/mol. The summed E-state index contributed by atoms with van der Waals surface area (Å²) in [5.74, 6) is -9.56. The van der Waals surface area contributed by atoms with E-state index in [2.05, 4.69) is 63.8 Å². The zero-order chi connectivity index (χ0) is 75.8. The van der Waals surface area contributed by atoms with E-state index in [1.807, 2.05) is 111 Å². The van der Waals surface area contributed by atoms with Crippen LogP contribution in [0.5, 0.6) is 0 Å². The van der Waals surface area contributed by atoms with E-state index in [9.17, 15) is 62.3 Å². The molecule has 0 bridgehead atoms. The molecule has 0 saturated heterocycles. The van der Waals surface area contributed by atoms with Crippen LogP contribution in [0.15, 0.2) is 0 Å². The molecule has 27 nitrogen and oxygen atoms in total. The molecule has 0 aliphatic rings. The highest BCUT2D eigenvalue weighted by molar-refractivity contribution is 6.01. The Kier molecular flexibility index (Phi) is 36.6. The van der Waals surface area contributed by atoms with E-state index in [1.54, 1.807) is 20.8 Å². The molecule has 8 atom stereocenters. The Balaban J connectivity index is 6.70. The molecule has 0 unspecified atom stereocenters. The second kappa shape index (κ2) is 39.5. The van der Waals surface area contributed by atoms with Crippen molar-refractivity contribution < 1.29 is 71.8 Å². The Bertz CT molecular complexity index is 2680. The number of amides is 12. The minimum Gasteiger partial charge on any atom is -0.467 e. The lowest BCUT2D eigenvalue weighted by atomic mass is 9.96. The van der Waals surface area contributed by atoms with Crippen molar-refractivity contribution >= 4 is 77.0 Å². The molecule has 0 fully saturated rings. The van der Waals surface area contributed by atoms with E-state index >= 15 is 0 Å². The number of nitrogens with one attached hydrogen (secondary N) is 12. The number of hydrogen-bond acceptors (Lipinski definition) is 15. The van der Waals surface area contributed by atoms with Gasteiger partial charge in [-0.1, -0.05) is 111 Å². The van der Waals surface area contributed by atoms with E-state index in [1.165, 1.54) is 62.5 Å². The van der Waals surface area contributed by atoms with Crippen LogP contribution in [0.2, 0.25) is 0 Å². The van der Waals surface area contributed by atoms with Gasteiger partial charge in [-0.05, 0) is 175 Å². The van der Waals surface area contributed by atoms with Crippen molar-refractivity contribution in [3.05, 3.63) is 0 Å². The largest absolute Gasteiger partial charge is 0.467 e. The molecule has 0 saturated carbocycles. The smallest absolute Gasteiger partial charge is 0.408 e. The topological polar surface area (TPSA) is 385 Å². The molecule has 0 aromatic heterocycles. The van der Waals surface area contributed by atoms with Crippen LogP contribution in [-0.2, 0) is 67.0 Å². The predicted molar refractivity (Wildman–Crippen MR) is 373 cm³/mol. The maximum absolute atomic E-state index is 14.4. The highest BCUT2D eigenvalue weighted by Gasteiger charge is 2.42. The van der Waals surface area contributed by atoms with Crippen LogP contribution in [-0.4, -0.2) is 160 Å². The maximum atomic E-state index is 14.4. The molecule has 0 rings (SSSR count). The molecule has 0 radical (unpaired) electrons. The van der Waals surface area contributed by atoms with Crippen LogP contribution >= 0.6 is 0 Å². The van der Waals surface area contributed by atoms with Gasteiger partial charge in [-0.2, -0.15) is 0 Å². The van der Waals surface area contributed by atoms with Crippen molar-refractivity contribution in [1.82, 2.24) is 63.8 Å². The third kappa shape index (κ3) is 34.3. The van der Waals surface area contributed by atoms with E-state index in [-0.39, 0.29) is 98.7 Å². The van der Waals surface area contributed by atoms with Crippen molar-refractivity contribution in [2.45, 2.75) is 314 Å². The monoisotopic (exact) mass is 1380 g/mol. The van der Waals surface area contributed by atoms with E-state index in [4.69, 9.17) is 9.47 Å². The number of esters is 1. The summed E-state index contributed by atoms with van der Waals surface area (Å²) in [4.78, 5) is 181. The van der Waals surface area contributed by atoms with Crippen LogP contribution < -0.4 is 63.8 Å². The predicted octanol–water partition coefficient (Wildman–Crippen LogP) is 5.39. The van der Waals surface area contributed by atoms with Gasteiger partial charge < -0.3 is 73.3 Å². The fraction of sp³-hybridized carbons (Fsp3) is 0.814. The minimum absolute atomic E-state index is 0.0313. The third-order valence-electron chi connectivity index (χ3n) is 15.2. The Labute approximate surface area is 579 Å². The van der Waals surface area contributed by atoms with Crippen molar-refractivity contribution in [3.63, 3.8) is 0 Å². The van der Waals surface area contributed by atoms with Crippen LogP contribution in [0.3, 0.4) is 0 Å². The number of ether oxygens (including phenoxy) is 2. The van der Waals surface area contributed by atoms with E-state index in [0.717, 1.165) is 0 Å². The van der Waals surface area contributed by atoms with Crippen molar-refractivity contribution in [2.75, 3.05) is 7.11 Å². The van der Waals surface area contributed by atoms with Crippen molar-refractivity contribution in [1.29, 1.82) is 0 Å². The van der Waals surface area contributed by atoms with Gasteiger partial charge in [0.1, 0.15) is 76.1 Å². The fourth-order valence-corrected chi connectivity index (χ4v) is 10.2. The lowest BCUT2D eigenvalue weighted by molar-refractivity contribution is -0.149. The molecule has 0 spiro atoms. The molecule has 27 heteroatoms. The molecular formula is C70H128N12O15. The summed E-state index contributed by atoms with van der Waals surface area (Å²) in [6.07, 6.45) is 0.335. The fourth-order valence-electron chi connectivity index (χ4n) is 10.2. The normalized spacial score (nSPS) is 14.8. The number of rotatable bonds is 40. The summed E-state index contributed by atoms with van der Waals surface area (Å²) in [5, 5.41) is 32.8. The van der Waals surface area contributed by atoms with E-state index in [0.29, 0.717) is 0 Å². The van der Waals surface area contributed by atoms with Crippen LogP contribution in [0, 0.1) is 47.3 Å². The van der Waals surface area contributed by atoms with Gasteiger partial charge in [0, 0.05) is 0 Å². The summed E-state index contributed by atoms with van der Waals surface area (Å²) < 4.78 is 10.2. The Morgan fingerprint density at radius 1 is 0.258 bits per heavy atom. The number of alkyl carbamates (subject to hydrolysis) is 1. The van der Waals surface area contributed by atoms with Gasteiger partial charge >= 0.3 is 12.1 Å². The summed E-state index contributed by atoms with van der Waals surface area (Å²) in [5.41, 5.74) is -7.32. The third-order valence-corrected chi connectivity index (χ3v) is 15.2. The lowest BCUT2D eigenvalue weighted by Gasteiger charge is -2.33. The molecule has 12 amide bonds. The molecule has 0 aliphatic carbocycles. The quantitative estimate of drug-likeness (QED) is 0.0342.